The number of Topliss-reactive ketones (excluding diaryl/α,β-unsaturated/α-hetero) is 2. The molecule has 2 heteroatoms. The van der Waals surface area contributed by atoms with Crippen molar-refractivity contribution in [2.75, 3.05) is 0 Å². The maximum Gasteiger partial charge on any atom is 0.146 e. The molecule has 0 radical (unpaired) electrons. The van der Waals surface area contributed by atoms with E-state index in [1.807, 2.05) is 0 Å². The number of hydrogen-bond donors (Lipinski definition) is 0. The largest absolute Gasteiger partial charge is 0.299 e. The normalized spacial score (nSPS) is 31.2. The van der Waals surface area contributed by atoms with Crippen LogP contribution in [0.2, 0.25) is 0 Å². The second kappa shape index (κ2) is 9.33. The van der Waals surface area contributed by atoms with Crippen LogP contribution in [-0.4, -0.2) is 11.6 Å². The minimum atomic E-state index is -0.394. The topological polar surface area (TPSA) is 34.1 Å². The van der Waals surface area contributed by atoms with Gasteiger partial charge in [0.25, 0.3) is 0 Å². The standard InChI is InChI=1S/C24H42O2/c1-19(2)17-23(6)14-12-10-8-9-11-13-15-24(7,18-22(3,4)5)21(26)16-20(23)25/h8-9,19H,10-18H2,1-7H3/b9-8-. The van der Waals surface area contributed by atoms with Gasteiger partial charge in [-0.1, -0.05) is 60.6 Å². The summed E-state index contributed by atoms with van der Waals surface area (Å²) in [7, 11) is 0. The Hall–Kier alpha value is -0.920. The molecule has 0 fully saturated rings. The van der Waals surface area contributed by atoms with Gasteiger partial charge in [-0.25, -0.2) is 0 Å². The third-order valence-corrected chi connectivity index (χ3v) is 5.81. The maximum atomic E-state index is 13.3. The molecule has 0 N–H and O–H groups in total. The summed E-state index contributed by atoms with van der Waals surface area (Å²) in [5.74, 6) is 0.793. The van der Waals surface area contributed by atoms with Gasteiger partial charge in [0.05, 0.1) is 6.42 Å². The highest BCUT2D eigenvalue weighted by Crippen LogP contribution is 2.41. The number of carbonyl (C=O) groups is 2. The first-order chi connectivity index (χ1) is 11.9. The van der Waals surface area contributed by atoms with Crippen LogP contribution in [0.1, 0.15) is 106 Å². The van der Waals surface area contributed by atoms with Crippen LogP contribution < -0.4 is 0 Å². The fraction of sp³-hybridized carbons (Fsp3) is 0.833. The molecule has 26 heavy (non-hydrogen) atoms. The summed E-state index contributed by atoms with van der Waals surface area (Å²) in [5.41, 5.74) is -0.679. The lowest BCUT2D eigenvalue weighted by Crippen LogP contribution is -2.38. The minimum Gasteiger partial charge on any atom is -0.299 e. The average molecular weight is 363 g/mol. The predicted molar refractivity (Wildman–Crippen MR) is 111 cm³/mol. The van der Waals surface area contributed by atoms with E-state index < -0.39 is 5.41 Å². The molecule has 2 unspecified atom stereocenters. The van der Waals surface area contributed by atoms with Gasteiger partial charge in [0, 0.05) is 10.8 Å². The summed E-state index contributed by atoms with van der Waals surface area (Å²) < 4.78 is 0. The molecule has 0 saturated heterocycles. The molecule has 150 valence electrons. The molecule has 0 saturated carbocycles. The first-order valence-corrected chi connectivity index (χ1v) is 10.6. The lowest BCUT2D eigenvalue weighted by Gasteiger charge is -2.36. The molecular weight excluding hydrogens is 320 g/mol. The molecule has 0 aliphatic heterocycles. The zero-order valence-electron chi connectivity index (χ0n) is 18.4. The van der Waals surface area contributed by atoms with Crippen LogP contribution in [-0.2, 0) is 9.59 Å². The summed E-state index contributed by atoms with van der Waals surface area (Å²) in [6.07, 6.45) is 12.2. The monoisotopic (exact) mass is 362 g/mol. The first kappa shape index (κ1) is 23.1. The smallest absolute Gasteiger partial charge is 0.146 e. The average Bonchev–Trinajstić information content (AvgIpc) is 2.47. The van der Waals surface area contributed by atoms with Crippen LogP contribution in [0.4, 0.5) is 0 Å². The Morgan fingerprint density at radius 3 is 1.85 bits per heavy atom. The zero-order chi connectivity index (χ0) is 20.0. The molecule has 0 bridgehead atoms. The quantitative estimate of drug-likeness (QED) is 0.403. The van der Waals surface area contributed by atoms with E-state index in [1.165, 1.54) is 0 Å². The van der Waals surface area contributed by atoms with E-state index in [9.17, 15) is 9.59 Å². The summed E-state index contributed by atoms with van der Waals surface area (Å²) in [4.78, 5) is 26.5. The summed E-state index contributed by atoms with van der Waals surface area (Å²) >= 11 is 0. The van der Waals surface area contributed by atoms with E-state index in [1.54, 1.807) is 0 Å². The molecule has 1 aliphatic rings. The molecule has 2 atom stereocenters. The van der Waals surface area contributed by atoms with Crippen LogP contribution in [0.25, 0.3) is 0 Å². The lowest BCUT2D eigenvalue weighted by atomic mass is 9.66. The van der Waals surface area contributed by atoms with Gasteiger partial charge in [0.1, 0.15) is 11.6 Å². The van der Waals surface area contributed by atoms with E-state index in [0.29, 0.717) is 5.92 Å². The summed E-state index contributed by atoms with van der Waals surface area (Å²) in [6.45, 7) is 15.1. The number of carbonyl (C=O) groups excluding carboxylic acids is 2. The molecule has 0 aromatic carbocycles. The molecule has 2 nitrogen and oxygen atoms in total. The van der Waals surface area contributed by atoms with Crippen molar-refractivity contribution < 1.29 is 9.59 Å². The van der Waals surface area contributed by atoms with E-state index in [4.69, 9.17) is 0 Å². The molecular formula is C24H42O2. The Balaban J connectivity index is 3.11. The molecule has 1 rings (SSSR count). The van der Waals surface area contributed by atoms with Crippen molar-refractivity contribution in [2.24, 2.45) is 22.2 Å². The predicted octanol–water partition coefficient (Wildman–Crippen LogP) is 6.92. The number of allylic oxidation sites excluding steroid dienone is 2. The van der Waals surface area contributed by atoms with Crippen LogP contribution in [0, 0.1) is 22.2 Å². The highest BCUT2D eigenvalue weighted by molar-refractivity contribution is 6.03. The third kappa shape index (κ3) is 7.37. The lowest BCUT2D eigenvalue weighted by molar-refractivity contribution is -0.139. The van der Waals surface area contributed by atoms with Gasteiger partial charge in [0.15, 0.2) is 0 Å². The van der Waals surface area contributed by atoms with Gasteiger partial charge in [-0.15, -0.1) is 0 Å². The van der Waals surface area contributed by atoms with Crippen molar-refractivity contribution in [1.82, 2.24) is 0 Å². The highest BCUT2D eigenvalue weighted by Gasteiger charge is 2.40. The van der Waals surface area contributed by atoms with Gasteiger partial charge in [0.2, 0.25) is 0 Å². The van der Waals surface area contributed by atoms with E-state index in [-0.39, 0.29) is 28.8 Å². The van der Waals surface area contributed by atoms with Crippen molar-refractivity contribution in [2.45, 2.75) is 106 Å². The number of rotatable bonds is 3. The SMILES string of the molecule is CC(C)CC1(C)CCC/C=C\CCCC(C)(CC(C)(C)C)C(=O)CC1=O. The Labute approximate surface area is 162 Å². The minimum absolute atomic E-state index is 0.0818. The fourth-order valence-corrected chi connectivity index (χ4v) is 4.78. The first-order valence-electron chi connectivity index (χ1n) is 10.6. The van der Waals surface area contributed by atoms with Gasteiger partial charge >= 0.3 is 0 Å². The maximum absolute atomic E-state index is 13.3. The van der Waals surface area contributed by atoms with Gasteiger partial charge in [-0.2, -0.15) is 0 Å². The van der Waals surface area contributed by atoms with Crippen molar-refractivity contribution in [1.29, 1.82) is 0 Å². The van der Waals surface area contributed by atoms with Crippen molar-refractivity contribution >= 4 is 11.6 Å². The highest BCUT2D eigenvalue weighted by atomic mass is 16.2. The molecule has 0 heterocycles. The summed E-state index contributed by atoms with van der Waals surface area (Å²) in [6, 6.07) is 0. The van der Waals surface area contributed by atoms with E-state index in [2.05, 4.69) is 60.6 Å². The van der Waals surface area contributed by atoms with Gasteiger partial charge in [-0.3, -0.25) is 9.59 Å². The van der Waals surface area contributed by atoms with Gasteiger partial charge in [-0.05, 0) is 62.7 Å². The van der Waals surface area contributed by atoms with Crippen molar-refractivity contribution in [3.63, 3.8) is 0 Å². The van der Waals surface area contributed by atoms with E-state index >= 15 is 0 Å². The number of hydrogen-bond acceptors (Lipinski definition) is 2. The van der Waals surface area contributed by atoms with Crippen LogP contribution in [0.3, 0.4) is 0 Å². The van der Waals surface area contributed by atoms with Crippen LogP contribution >= 0.6 is 0 Å². The second-order valence-corrected chi connectivity index (χ2v) is 10.7. The Morgan fingerprint density at radius 2 is 1.38 bits per heavy atom. The van der Waals surface area contributed by atoms with Crippen LogP contribution in [0.5, 0.6) is 0 Å². The third-order valence-electron chi connectivity index (χ3n) is 5.81. The molecule has 0 amide bonds. The molecule has 0 aromatic heterocycles. The Morgan fingerprint density at radius 1 is 0.923 bits per heavy atom. The van der Waals surface area contributed by atoms with Crippen LogP contribution in [0.15, 0.2) is 12.2 Å². The molecule has 1 aliphatic carbocycles. The van der Waals surface area contributed by atoms with E-state index in [0.717, 1.165) is 51.4 Å². The summed E-state index contributed by atoms with van der Waals surface area (Å²) in [5, 5.41) is 0. The van der Waals surface area contributed by atoms with Crippen molar-refractivity contribution in [3.8, 4) is 0 Å². The fourth-order valence-electron chi connectivity index (χ4n) is 4.78. The Kier molecular flexibility index (Phi) is 8.30. The van der Waals surface area contributed by atoms with Gasteiger partial charge < -0.3 is 0 Å². The second-order valence-electron chi connectivity index (χ2n) is 10.7. The molecule has 0 spiro atoms. The number of ketones is 2. The Bertz CT molecular complexity index is 509. The van der Waals surface area contributed by atoms with Crippen molar-refractivity contribution in [3.05, 3.63) is 12.2 Å². The molecule has 0 aromatic rings. The zero-order valence-corrected chi connectivity index (χ0v) is 18.4.